The van der Waals surface area contributed by atoms with E-state index >= 15 is 0 Å². The molecule has 1 heterocycles. The average Bonchev–Trinajstić information content (AvgIpc) is 2.64. The van der Waals surface area contributed by atoms with Crippen molar-refractivity contribution in [2.24, 2.45) is 0 Å². The highest BCUT2D eigenvalue weighted by molar-refractivity contribution is 5.88. The fraction of sp³-hybridized carbons (Fsp3) is 0.333. The van der Waals surface area contributed by atoms with Gasteiger partial charge in [0.25, 0.3) is 0 Å². The van der Waals surface area contributed by atoms with Crippen molar-refractivity contribution in [1.29, 1.82) is 0 Å². The molecule has 0 aliphatic carbocycles. The van der Waals surface area contributed by atoms with Crippen molar-refractivity contribution in [3.8, 4) is 0 Å². The number of piperazine rings is 1. The van der Waals surface area contributed by atoms with Crippen LogP contribution in [0.15, 0.2) is 48.5 Å². The lowest BCUT2D eigenvalue weighted by Gasteiger charge is -2.36. The van der Waals surface area contributed by atoms with Crippen molar-refractivity contribution in [1.82, 2.24) is 4.90 Å². The minimum Gasteiger partial charge on any atom is -0.368 e. The second kappa shape index (κ2) is 8.04. The van der Waals surface area contributed by atoms with E-state index in [4.69, 9.17) is 0 Å². The van der Waals surface area contributed by atoms with Crippen LogP contribution in [0.1, 0.15) is 18.1 Å². The summed E-state index contributed by atoms with van der Waals surface area (Å²) in [7, 11) is 0. The lowest BCUT2D eigenvalue weighted by atomic mass is 10.1. The van der Waals surface area contributed by atoms with Gasteiger partial charge in [-0.25, -0.2) is 0 Å². The van der Waals surface area contributed by atoms with Crippen LogP contribution in [0.4, 0.5) is 11.4 Å². The first-order valence-corrected chi connectivity index (χ1v) is 8.98. The van der Waals surface area contributed by atoms with Crippen LogP contribution in [0.5, 0.6) is 0 Å². The van der Waals surface area contributed by atoms with Crippen LogP contribution in [0.25, 0.3) is 0 Å². The summed E-state index contributed by atoms with van der Waals surface area (Å²) in [6, 6.07) is 15.9. The lowest BCUT2D eigenvalue weighted by molar-refractivity contribution is -0.130. The van der Waals surface area contributed by atoms with Gasteiger partial charge in [-0.2, -0.15) is 0 Å². The number of rotatable bonds is 4. The Kier molecular flexibility index (Phi) is 5.56. The molecule has 3 rings (SSSR count). The Hall–Kier alpha value is -2.82. The number of aryl methyl sites for hydroxylation is 1. The number of carbonyl (C=O) groups is 2. The number of anilines is 2. The summed E-state index contributed by atoms with van der Waals surface area (Å²) in [4.78, 5) is 27.9. The van der Waals surface area contributed by atoms with Gasteiger partial charge < -0.3 is 15.1 Å². The van der Waals surface area contributed by atoms with E-state index in [-0.39, 0.29) is 11.8 Å². The molecule has 26 heavy (non-hydrogen) atoms. The van der Waals surface area contributed by atoms with Gasteiger partial charge in [-0.1, -0.05) is 24.3 Å². The van der Waals surface area contributed by atoms with Crippen molar-refractivity contribution < 1.29 is 9.59 Å². The van der Waals surface area contributed by atoms with Gasteiger partial charge in [0.2, 0.25) is 11.8 Å². The van der Waals surface area contributed by atoms with E-state index in [1.165, 1.54) is 12.5 Å². The van der Waals surface area contributed by atoms with Gasteiger partial charge in [0, 0.05) is 44.5 Å². The first-order chi connectivity index (χ1) is 12.5. The molecule has 1 fully saturated rings. The van der Waals surface area contributed by atoms with Crippen molar-refractivity contribution in [2.75, 3.05) is 36.4 Å². The van der Waals surface area contributed by atoms with Crippen molar-refractivity contribution in [3.63, 3.8) is 0 Å². The molecule has 5 nitrogen and oxygen atoms in total. The second-order valence-corrected chi connectivity index (χ2v) is 6.70. The minimum atomic E-state index is -0.0708. The van der Waals surface area contributed by atoms with Crippen LogP contribution >= 0.6 is 0 Å². The molecular formula is C21H25N3O2. The summed E-state index contributed by atoms with van der Waals surface area (Å²) in [5, 5.41) is 2.77. The zero-order valence-electron chi connectivity index (χ0n) is 15.4. The maximum atomic E-state index is 12.6. The molecule has 0 radical (unpaired) electrons. The van der Waals surface area contributed by atoms with Crippen LogP contribution < -0.4 is 10.2 Å². The summed E-state index contributed by atoms with van der Waals surface area (Å²) in [6.45, 7) is 6.65. The van der Waals surface area contributed by atoms with Crippen molar-refractivity contribution in [2.45, 2.75) is 20.3 Å². The molecule has 1 aliphatic rings. The Morgan fingerprint density at radius 1 is 0.962 bits per heavy atom. The van der Waals surface area contributed by atoms with Crippen LogP contribution in [0.2, 0.25) is 0 Å². The third-order valence-electron chi connectivity index (χ3n) is 4.79. The number of hydrogen-bond donors (Lipinski definition) is 1. The molecule has 0 spiro atoms. The number of nitrogens with one attached hydrogen (secondary N) is 1. The Bertz CT molecular complexity index is 778. The molecule has 0 unspecified atom stereocenters. The first-order valence-electron chi connectivity index (χ1n) is 8.98. The summed E-state index contributed by atoms with van der Waals surface area (Å²) in [5.41, 5.74) is 4.19. The van der Waals surface area contributed by atoms with Gasteiger partial charge in [-0.15, -0.1) is 0 Å². The SMILES string of the molecule is CC(=O)Nc1ccc(N2CCN(C(=O)Cc3ccccc3C)CC2)cc1. The zero-order valence-corrected chi connectivity index (χ0v) is 15.4. The molecule has 0 aromatic heterocycles. The number of benzene rings is 2. The highest BCUT2D eigenvalue weighted by Gasteiger charge is 2.21. The minimum absolute atomic E-state index is 0.0708. The van der Waals surface area contributed by atoms with Gasteiger partial charge in [0.1, 0.15) is 0 Å². The molecule has 0 bridgehead atoms. The van der Waals surface area contributed by atoms with Gasteiger partial charge in [0.15, 0.2) is 0 Å². The summed E-state index contributed by atoms with van der Waals surface area (Å²) >= 11 is 0. The largest absolute Gasteiger partial charge is 0.368 e. The molecule has 0 atom stereocenters. The molecule has 2 aromatic carbocycles. The summed E-state index contributed by atoms with van der Waals surface area (Å²) < 4.78 is 0. The summed E-state index contributed by atoms with van der Waals surface area (Å²) in [6.07, 6.45) is 0.470. The second-order valence-electron chi connectivity index (χ2n) is 6.70. The van der Waals surface area contributed by atoms with Crippen molar-refractivity contribution >= 4 is 23.2 Å². The standard InChI is InChI=1S/C21H25N3O2/c1-16-5-3-4-6-18(16)15-21(26)24-13-11-23(12-14-24)20-9-7-19(8-10-20)22-17(2)25/h3-10H,11-15H2,1-2H3,(H,22,25). The Morgan fingerprint density at radius 2 is 1.62 bits per heavy atom. The topological polar surface area (TPSA) is 52.7 Å². The molecule has 1 saturated heterocycles. The Labute approximate surface area is 154 Å². The first kappa shape index (κ1) is 18.0. The van der Waals surface area contributed by atoms with E-state index in [0.717, 1.165) is 43.1 Å². The maximum absolute atomic E-state index is 12.6. The maximum Gasteiger partial charge on any atom is 0.227 e. The van der Waals surface area contributed by atoms with E-state index in [0.29, 0.717) is 6.42 Å². The van der Waals surface area contributed by atoms with E-state index in [1.807, 2.05) is 60.4 Å². The van der Waals surface area contributed by atoms with Gasteiger partial charge in [-0.05, 0) is 42.3 Å². The summed E-state index contributed by atoms with van der Waals surface area (Å²) in [5.74, 6) is 0.124. The Morgan fingerprint density at radius 3 is 2.23 bits per heavy atom. The third-order valence-corrected chi connectivity index (χ3v) is 4.79. The fourth-order valence-electron chi connectivity index (χ4n) is 3.26. The number of hydrogen-bond acceptors (Lipinski definition) is 3. The highest BCUT2D eigenvalue weighted by atomic mass is 16.2. The molecule has 1 aliphatic heterocycles. The molecule has 1 N–H and O–H groups in total. The number of amides is 2. The molecule has 0 saturated carbocycles. The van der Waals surface area contributed by atoms with Crippen LogP contribution in [-0.2, 0) is 16.0 Å². The van der Waals surface area contributed by atoms with Gasteiger partial charge in [0.05, 0.1) is 6.42 Å². The molecule has 2 aromatic rings. The molecular weight excluding hydrogens is 326 g/mol. The van der Waals surface area contributed by atoms with E-state index in [2.05, 4.69) is 10.2 Å². The van der Waals surface area contributed by atoms with Crippen molar-refractivity contribution in [3.05, 3.63) is 59.7 Å². The Balaban J connectivity index is 1.54. The van der Waals surface area contributed by atoms with Gasteiger partial charge in [-0.3, -0.25) is 9.59 Å². The molecule has 136 valence electrons. The van der Waals surface area contributed by atoms with Gasteiger partial charge >= 0.3 is 0 Å². The van der Waals surface area contributed by atoms with E-state index in [9.17, 15) is 9.59 Å². The smallest absolute Gasteiger partial charge is 0.227 e. The molecule has 2 amide bonds. The average molecular weight is 351 g/mol. The van der Waals surface area contributed by atoms with E-state index in [1.54, 1.807) is 0 Å². The van der Waals surface area contributed by atoms with Crippen LogP contribution in [-0.4, -0.2) is 42.9 Å². The molecule has 5 heteroatoms. The third kappa shape index (κ3) is 4.42. The fourth-order valence-corrected chi connectivity index (χ4v) is 3.26. The number of carbonyl (C=O) groups excluding carboxylic acids is 2. The number of nitrogens with zero attached hydrogens (tertiary/aromatic N) is 2. The normalized spacial score (nSPS) is 14.2. The quantitative estimate of drug-likeness (QED) is 0.922. The zero-order chi connectivity index (χ0) is 18.5. The predicted octanol–water partition coefficient (Wildman–Crippen LogP) is 2.84. The van der Waals surface area contributed by atoms with Crippen LogP contribution in [0, 0.1) is 6.92 Å². The van der Waals surface area contributed by atoms with Crippen LogP contribution in [0.3, 0.4) is 0 Å². The van der Waals surface area contributed by atoms with E-state index < -0.39 is 0 Å². The monoisotopic (exact) mass is 351 g/mol. The lowest BCUT2D eigenvalue weighted by Crippen LogP contribution is -2.49. The predicted molar refractivity (Wildman–Crippen MR) is 104 cm³/mol. The highest BCUT2D eigenvalue weighted by Crippen LogP contribution is 2.20.